The molecule has 1 aliphatic rings. The lowest BCUT2D eigenvalue weighted by molar-refractivity contribution is -0.124. The molecule has 148 valence electrons. The molecule has 28 heavy (non-hydrogen) atoms. The molecule has 0 aromatic heterocycles. The summed E-state index contributed by atoms with van der Waals surface area (Å²) in [6.07, 6.45) is 1.14. The zero-order valence-electron chi connectivity index (χ0n) is 15.1. The number of rotatable bonds is 7. The van der Waals surface area contributed by atoms with E-state index in [4.69, 9.17) is 14.2 Å². The fourth-order valence-electron chi connectivity index (χ4n) is 2.56. The number of carbonyl (C=O) groups excluding carboxylic acids is 2. The minimum absolute atomic E-state index is 0.107. The van der Waals surface area contributed by atoms with E-state index in [1.54, 1.807) is 18.2 Å². The molecule has 0 radical (unpaired) electrons. The van der Waals surface area contributed by atoms with Gasteiger partial charge in [0.15, 0.2) is 27.9 Å². The van der Waals surface area contributed by atoms with Gasteiger partial charge in [-0.15, -0.1) is 0 Å². The van der Waals surface area contributed by atoms with Crippen molar-refractivity contribution >= 4 is 21.7 Å². The molecule has 1 amide bonds. The molecule has 0 atom stereocenters. The van der Waals surface area contributed by atoms with E-state index in [1.165, 1.54) is 24.3 Å². The minimum Gasteiger partial charge on any atom is -0.454 e. The molecule has 0 aliphatic carbocycles. The Labute approximate surface area is 162 Å². The maximum atomic E-state index is 12.0. The van der Waals surface area contributed by atoms with Crippen LogP contribution in [0.15, 0.2) is 42.5 Å². The van der Waals surface area contributed by atoms with Gasteiger partial charge >= 0.3 is 5.97 Å². The molecule has 0 spiro atoms. The summed E-state index contributed by atoms with van der Waals surface area (Å²) >= 11 is 0. The second kappa shape index (κ2) is 8.30. The second-order valence-electron chi connectivity index (χ2n) is 6.31. The Morgan fingerprint density at radius 3 is 2.43 bits per heavy atom. The molecule has 3 rings (SSSR count). The maximum absolute atomic E-state index is 12.0. The smallest absolute Gasteiger partial charge is 0.338 e. The Kier molecular flexibility index (Phi) is 5.84. The highest BCUT2D eigenvalue weighted by Crippen LogP contribution is 2.32. The molecule has 2 aromatic rings. The van der Waals surface area contributed by atoms with Crippen LogP contribution in [0.3, 0.4) is 0 Å². The summed E-state index contributed by atoms with van der Waals surface area (Å²) in [6, 6.07) is 11.3. The van der Waals surface area contributed by atoms with Crippen molar-refractivity contribution in [2.75, 3.05) is 19.7 Å². The first-order valence-electron chi connectivity index (χ1n) is 8.39. The number of sulfone groups is 1. The fraction of sp³-hybridized carbons (Fsp3) is 0.263. The van der Waals surface area contributed by atoms with Crippen molar-refractivity contribution in [3.8, 4) is 11.5 Å². The van der Waals surface area contributed by atoms with E-state index in [2.05, 4.69) is 5.32 Å². The number of ether oxygens (including phenoxy) is 3. The van der Waals surface area contributed by atoms with Gasteiger partial charge in [-0.3, -0.25) is 4.79 Å². The number of nitrogens with one attached hydrogen (secondary N) is 1. The van der Waals surface area contributed by atoms with Crippen LogP contribution in [0.4, 0.5) is 0 Å². The lowest BCUT2D eigenvalue weighted by Crippen LogP contribution is -2.28. The van der Waals surface area contributed by atoms with Crippen molar-refractivity contribution in [3.63, 3.8) is 0 Å². The van der Waals surface area contributed by atoms with Crippen LogP contribution in [0.25, 0.3) is 0 Å². The number of hydrogen-bond donors (Lipinski definition) is 1. The zero-order chi connectivity index (χ0) is 20.1. The van der Waals surface area contributed by atoms with Gasteiger partial charge in [-0.25, -0.2) is 13.2 Å². The largest absolute Gasteiger partial charge is 0.454 e. The Morgan fingerprint density at radius 2 is 1.71 bits per heavy atom. The van der Waals surface area contributed by atoms with Crippen molar-refractivity contribution in [2.24, 2.45) is 0 Å². The van der Waals surface area contributed by atoms with E-state index in [9.17, 15) is 18.0 Å². The number of esters is 1. The molecule has 1 N–H and O–H groups in total. The third-order valence-electron chi connectivity index (χ3n) is 3.88. The predicted octanol–water partition coefficient (Wildman–Crippen LogP) is 1.43. The molecule has 1 aliphatic heterocycles. The fourth-order valence-corrected chi connectivity index (χ4v) is 3.35. The summed E-state index contributed by atoms with van der Waals surface area (Å²) in [5.41, 5.74) is 1.63. The second-order valence-corrected chi connectivity index (χ2v) is 8.45. The van der Waals surface area contributed by atoms with Gasteiger partial charge < -0.3 is 19.5 Å². The van der Waals surface area contributed by atoms with Gasteiger partial charge in [0.1, 0.15) is 0 Å². The van der Waals surface area contributed by atoms with Crippen LogP contribution in [-0.2, 0) is 31.7 Å². The van der Waals surface area contributed by atoms with Crippen LogP contribution >= 0.6 is 0 Å². The van der Waals surface area contributed by atoms with Gasteiger partial charge in [-0.05, 0) is 35.4 Å². The lowest BCUT2D eigenvalue weighted by Gasteiger charge is -2.08. The molecule has 0 saturated carbocycles. The monoisotopic (exact) mass is 405 g/mol. The van der Waals surface area contributed by atoms with E-state index < -0.39 is 28.3 Å². The highest BCUT2D eigenvalue weighted by atomic mass is 32.2. The zero-order valence-corrected chi connectivity index (χ0v) is 16.0. The third kappa shape index (κ3) is 5.46. The maximum Gasteiger partial charge on any atom is 0.338 e. The highest BCUT2D eigenvalue weighted by molar-refractivity contribution is 7.89. The first-order valence-corrected chi connectivity index (χ1v) is 10.5. The predicted molar refractivity (Wildman–Crippen MR) is 99.7 cm³/mol. The summed E-state index contributed by atoms with van der Waals surface area (Å²) in [5, 5.41) is 2.65. The quantitative estimate of drug-likeness (QED) is 0.694. The van der Waals surface area contributed by atoms with Crippen molar-refractivity contribution < 1.29 is 32.2 Å². The normalized spacial score (nSPS) is 12.5. The summed E-state index contributed by atoms with van der Waals surface area (Å²) in [4.78, 5) is 23.9. The average Bonchev–Trinajstić information content (AvgIpc) is 3.11. The standard InChI is InChI=1S/C19H19NO7S/c1-28(23,24)11-13-2-5-15(6-3-13)19(22)25-10-18(21)20-9-14-4-7-16-17(8-14)27-12-26-16/h2-8H,9-12H2,1H3,(H,20,21). The number of fused-ring (bicyclic) bond motifs is 1. The first kappa shape index (κ1) is 19.7. The van der Waals surface area contributed by atoms with Crippen LogP contribution in [0.5, 0.6) is 11.5 Å². The summed E-state index contributed by atoms with van der Waals surface area (Å²) in [5.74, 6) is 0.0674. The molecule has 0 saturated heterocycles. The molecular formula is C19H19NO7S. The Balaban J connectivity index is 1.45. The van der Waals surface area contributed by atoms with E-state index in [1.807, 2.05) is 0 Å². The molecular weight excluding hydrogens is 386 g/mol. The molecule has 9 heteroatoms. The molecule has 0 bridgehead atoms. The van der Waals surface area contributed by atoms with Crippen LogP contribution in [0.1, 0.15) is 21.5 Å². The number of benzene rings is 2. The van der Waals surface area contributed by atoms with E-state index in [0.29, 0.717) is 17.1 Å². The lowest BCUT2D eigenvalue weighted by atomic mass is 10.1. The van der Waals surface area contributed by atoms with Crippen LogP contribution in [0, 0.1) is 0 Å². The van der Waals surface area contributed by atoms with Crippen molar-refractivity contribution in [2.45, 2.75) is 12.3 Å². The van der Waals surface area contributed by atoms with Crippen LogP contribution in [0.2, 0.25) is 0 Å². The van der Waals surface area contributed by atoms with Crippen LogP contribution in [-0.4, -0.2) is 39.9 Å². The molecule has 0 unspecified atom stereocenters. The van der Waals surface area contributed by atoms with Gasteiger partial charge in [0, 0.05) is 12.8 Å². The SMILES string of the molecule is CS(=O)(=O)Cc1ccc(C(=O)OCC(=O)NCc2ccc3c(c2)OCO3)cc1. The van der Waals surface area contributed by atoms with Crippen molar-refractivity contribution in [1.29, 1.82) is 0 Å². The Hall–Kier alpha value is -3.07. The van der Waals surface area contributed by atoms with Crippen molar-refractivity contribution in [3.05, 3.63) is 59.2 Å². The van der Waals surface area contributed by atoms with Gasteiger partial charge in [0.2, 0.25) is 6.79 Å². The van der Waals surface area contributed by atoms with Crippen LogP contribution < -0.4 is 14.8 Å². The molecule has 1 heterocycles. The van der Waals surface area contributed by atoms with Gasteiger partial charge in [0.25, 0.3) is 5.91 Å². The highest BCUT2D eigenvalue weighted by Gasteiger charge is 2.14. The number of hydrogen-bond acceptors (Lipinski definition) is 7. The summed E-state index contributed by atoms with van der Waals surface area (Å²) < 4.78 is 38.0. The van der Waals surface area contributed by atoms with E-state index >= 15 is 0 Å². The molecule has 0 fully saturated rings. The van der Waals surface area contributed by atoms with Gasteiger partial charge in [-0.2, -0.15) is 0 Å². The Morgan fingerprint density at radius 1 is 1.04 bits per heavy atom. The molecule has 2 aromatic carbocycles. The summed E-state index contributed by atoms with van der Waals surface area (Å²) in [7, 11) is -3.15. The topological polar surface area (TPSA) is 108 Å². The first-order chi connectivity index (χ1) is 13.3. The third-order valence-corrected chi connectivity index (χ3v) is 4.74. The average molecular weight is 405 g/mol. The number of amides is 1. The summed E-state index contributed by atoms with van der Waals surface area (Å²) in [6.45, 7) is 0.0119. The van der Waals surface area contributed by atoms with E-state index in [-0.39, 0.29) is 24.7 Å². The molecule has 8 nitrogen and oxygen atoms in total. The number of carbonyl (C=O) groups is 2. The minimum atomic E-state index is -3.15. The van der Waals surface area contributed by atoms with Gasteiger partial charge in [-0.1, -0.05) is 18.2 Å². The Bertz CT molecular complexity index is 984. The van der Waals surface area contributed by atoms with E-state index in [0.717, 1.165) is 11.8 Å². The van der Waals surface area contributed by atoms with Gasteiger partial charge in [0.05, 0.1) is 11.3 Å². The van der Waals surface area contributed by atoms with Crippen molar-refractivity contribution in [1.82, 2.24) is 5.32 Å².